The smallest absolute Gasteiger partial charge is 0.189 e. The Morgan fingerprint density at radius 2 is 1.93 bits per heavy atom. The van der Waals surface area contributed by atoms with Gasteiger partial charge in [-0.25, -0.2) is 0 Å². The lowest BCUT2D eigenvalue weighted by molar-refractivity contribution is 0.271. The van der Waals surface area contributed by atoms with Crippen molar-refractivity contribution in [2.75, 3.05) is 5.73 Å². The summed E-state index contributed by atoms with van der Waals surface area (Å²) in [5, 5.41) is 14.5. The van der Waals surface area contributed by atoms with E-state index in [-0.39, 0.29) is 12.0 Å². The first kappa shape index (κ1) is 18.0. The number of hydrogen-bond acceptors (Lipinski definition) is 5. The van der Waals surface area contributed by atoms with Crippen LogP contribution in [0.3, 0.4) is 0 Å². The monoisotopic (exact) mass is 375 g/mol. The number of aryl methyl sites for hydroxylation is 2. The summed E-state index contributed by atoms with van der Waals surface area (Å²) < 4.78 is 7.23. The molecule has 0 aliphatic rings. The second-order valence-electron chi connectivity index (χ2n) is 6.87. The highest BCUT2D eigenvalue weighted by atomic mass is 16.5. The van der Waals surface area contributed by atoms with Crippen LogP contribution in [0.5, 0.6) is 0 Å². The first-order valence-electron chi connectivity index (χ1n) is 9.03. The Labute approximate surface area is 161 Å². The molecule has 0 bridgehead atoms. The van der Waals surface area contributed by atoms with Crippen LogP contribution in [0.15, 0.2) is 57.8 Å². The van der Waals surface area contributed by atoms with E-state index in [4.69, 9.17) is 10.3 Å². The number of anilines is 1. The number of pyridine rings is 1. The second-order valence-corrected chi connectivity index (χ2v) is 6.87. The third-order valence-electron chi connectivity index (χ3n) is 5.07. The van der Waals surface area contributed by atoms with Crippen molar-refractivity contribution in [1.82, 2.24) is 9.72 Å². The maximum absolute atomic E-state index is 12.6. The van der Waals surface area contributed by atoms with Crippen molar-refractivity contribution in [2.24, 2.45) is 0 Å². The van der Waals surface area contributed by atoms with Crippen LogP contribution in [0.25, 0.3) is 22.0 Å². The van der Waals surface area contributed by atoms with E-state index in [1.54, 1.807) is 0 Å². The minimum Gasteiger partial charge on any atom is -0.398 e. The van der Waals surface area contributed by atoms with Crippen molar-refractivity contribution < 1.29 is 9.63 Å². The zero-order valence-electron chi connectivity index (χ0n) is 15.8. The second kappa shape index (κ2) is 6.98. The maximum Gasteiger partial charge on any atom is 0.189 e. The molecule has 4 aromatic rings. The molecular formula is C22H21N3O3. The zero-order valence-corrected chi connectivity index (χ0v) is 15.8. The van der Waals surface area contributed by atoms with Crippen LogP contribution in [-0.4, -0.2) is 14.8 Å². The molecule has 0 radical (unpaired) electrons. The first-order valence-corrected chi connectivity index (χ1v) is 9.03. The summed E-state index contributed by atoms with van der Waals surface area (Å²) in [6.07, 6.45) is 0. The minimum absolute atomic E-state index is 0.123. The predicted octanol–water partition coefficient (Wildman–Crippen LogP) is 3.40. The van der Waals surface area contributed by atoms with Crippen molar-refractivity contribution in [2.45, 2.75) is 27.0 Å². The third-order valence-corrected chi connectivity index (χ3v) is 5.07. The van der Waals surface area contributed by atoms with Gasteiger partial charge < -0.3 is 19.9 Å². The number of nitrogens with two attached hydrogens (primary N) is 1. The van der Waals surface area contributed by atoms with Crippen LogP contribution in [0.2, 0.25) is 0 Å². The van der Waals surface area contributed by atoms with Crippen molar-refractivity contribution >= 4 is 16.6 Å². The summed E-state index contributed by atoms with van der Waals surface area (Å²) in [6, 6.07) is 14.7. The highest BCUT2D eigenvalue weighted by Gasteiger charge is 2.15. The van der Waals surface area contributed by atoms with Gasteiger partial charge in [0.15, 0.2) is 5.43 Å². The molecule has 0 saturated carbocycles. The number of aromatic nitrogens is 2. The van der Waals surface area contributed by atoms with Gasteiger partial charge in [0.2, 0.25) is 0 Å². The van der Waals surface area contributed by atoms with Gasteiger partial charge in [0.1, 0.15) is 5.76 Å². The van der Waals surface area contributed by atoms with Crippen LogP contribution < -0.4 is 11.2 Å². The maximum atomic E-state index is 12.6. The number of para-hydroxylation sites is 1. The topological polar surface area (TPSA) is 94.3 Å². The lowest BCUT2D eigenvalue weighted by atomic mass is 10.0. The van der Waals surface area contributed by atoms with E-state index < -0.39 is 0 Å². The van der Waals surface area contributed by atoms with Gasteiger partial charge in [-0.15, -0.1) is 0 Å². The van der Waals surface area contributed by atoms with Gasteiger partial charge in [0, 0.05) is 34.9 Å². The first-order chi connectivity index (χ1) is 13.5. The number of aliphatic hydroxyl groups is 1. The van der Waals surface area contributed by atoms with Crippen molar-refractivity contribution in [3.8, 4) is 11.1 Å². The average molecular weight is 375 g/mol. The van der Waals surface area contributed by atoms with Crippen molar-refractivity contribution in [3.05, 3.63) is 81.5 Å². The highest BCUT2D eigenvalue weighted by molar-refractivity contribution is 5.85. The summed E-state index contributed by atoms with van der Waals surface area (Å²) in [6.45, 7) is 3.96. The molecule has 4 rings (SSSR count). The normalized spacial score (nSPS) is 11.2. The molecule has 0 aliphatic carbocycles. The minimum atomic E-state index is -0.243. The molecule has 28 heavy (non-hydrogen) atoms. The Bertz CT molecular complexity index is 1220. The van der Waals surface area contributed by atoms with Crippen LogP contribution >= 0.6 is 0 Å². The van der Waals surface area contributed by atoms with Crippen molar-refractivity contribution in [3.63, 3.8) is 0 Å². The van der Waals surface area contributed by atoms with Crippen LogP contribution in [0.4, 0.5) is 5.69 Å². The van der Waals surface area contributed by atoms with E-state index in [9.17, 15) is 9.90 Å². The summed E-state index contributed by atoms with van der Waals surface area (Å²) in [5.74, 6) is 0.719. The average Bonchev–Trinajstić information content (AvgIpc) is 3.03. The van der Waals surface area contributed by atoms with E-state index in [1.165, 1.54) is 6.07 Å². The molecule has 6 heteroatoms. The fourth-order valence-corrected chi connectivity index (χ4v) is 3.64. The predicted molar refractivity (Wildman–Crippen MR) is 109 cm³/mol. The van der Waals surface area contributed by atoms with E-state index in [0.29, 0.717) is 23.3 Å². The fraction of sp³-hybridized carbons (Fsp3) is 0.182. The molecule has 6 nitrogen and oxygen atoms in total. The highest BCUT2D eigenvalue weighted by Crippen LogP contribution is 2.30. The molecule has 0 spiro atoms. The molecule has 0 unspecified atom stereocenters. The van der Waals surface area contributed by atoms with Gasteiger partial charge in [-0.3, -0.25) is 4.79 Å². The molecule has 2 aromatic heterocycles. The Morgan fingerprint density at radius 3 is 2.61 bits per heavy atom. The number of fused-ring (bicyclic) bond motifs is 1. The molecule has 2 heterocycles. The Morgan fingerprint density at radius 1 is 1.14 bits per heavy atom. The molecule has 0 fully saturated rings. The van der Waals surface area contributed by atoms with Crippen molar-refractivity contribution in [1.29, 1.82) is 0 Å². The van der Waals surface area contributed by atoms with Crippen LogP contribution in [-0.2, 0) is 13.2 Å². The zero-order chi connectivity index (χ0) is 19.8. The lowest BCUT2D eigenvalue weighted by Gasteiger charge is -2.17. The fourth-order valence-electron chi connectivity index (χ4n) is 3.64. The number of benzene rings is 2. The van der Waals surface area contributed by atoms with Gasteiger partial charge in [-0.2, -0.15) is 0 Å². The van der Waals surface area contributed by atoms with Gasteiger partial charge in [0.25, 0.3) is 0 Å². The van der Waals surface area contributed by atoms with E-state index in [2.05, 4.69) is 5.16 Å². The van der Waals surface area contributed by atoms with Gasteiger partial charge in [-0.05, 0) is 43.2 Å². The van der Waals surface area contributed by atoms with E-state index in [1.807, 2.05) is 60.9 Å². The number of nitrogen functional groups attached to an aromatic ring is 1. The number of rotatable bonds is 4. The molecule has 2 aromatic carbocycles. The van der Waals surface area contributed by atoms with E-state index in [0.717, 1.165) is 33.7 Å². The Hall–Kier alpha value is -3.38. The molecule has 3 N–H and O–H groups in total. The van der Waals surface area contributed by atoms with Crippen LogP contribution in [0, 0.1) is 13.8 Å². The summed E-state index contributed by atoms with van der Waals surface area (Å²) in [4.78, 5) is 12.6. The standard InChI is InChI=1S/C22H21N3O3/c1-13-22(14(2)28-24-13)15-7-8-18-20(9-15)25(17(12-26)10-21(18)27)11-16-5-3-4-6-19(16)23/h3-10,26H,11-12,23H2,1-2H3. The molecule has 142 valence electrons. The largest absolute Gasteiger partial charge is 0.398 e. The van der Waals surface area contributed by atoms with Gasteiger partial charge in [-0.1, -0.05) is 29.4 Å². The lowest BCUT2D eigenvalue weighted by Crippen LogP contribution is -2.16. The third kappa shape index (κ3) is 2.97. The summed E-state index contributed by atoms with van der Waals surface area (Å²) >= 11 is 0. The van der Waals surface area contributed by atoms with Crippen LogP contribution in [0.1, 0.15) is 22.7 Å². The quantitative estimate of drug-likeness (QED) is 0.533. The summed E-state index contributed by atoms with van der Waals surface area (Å²) in [5.41, 5.74) is 11.5. The number of hydrogen-bond donors (Lipinski definition) is 2. The molecule has 0 atom stereocenters. The van der Waals surface area contributed by atoms with Gasteiger partial charge in [0.05, 0.1) is 17.8 Å². The summed E-state index contributed by atoms with van der Waals surface area (Å²) in [7, 11) is 0. The number of nitrogens with zero attached hydrogens (tertiary/aromatic N) is 2. The molecule has 0 aliphatic heterocycles. The number of aliphatic hydroxyl groups excluding tert-OH is 1. The molecule has 0 amide bonds. The SMILES string of the molecule is Cc1noc(C)c1-c1ccc2c(=O)cc(CO)n(Cc3ccccc3N)c2c1. The Kier molecular flexibility index (Phi) is 4.49. The van der Waals surface area contributed by atoms with E-state index >= 15 is 0 Å². The molecule has 0 saturated heterocycles. The molecular weight excluding hydrogens is 354 g/mol. The van der Waals surface area contributed by atoms with Gasteiger partial charge >= 0.3 is 0 Å². The Balaban J connectivity index is 1.99.